The summed E-state index contributed by atoms with van der Waals surface area (Å²) in [6.45, 7) is 25.1. The number of halogens is 1. The van der Waals surface area contributed by atoms with Crippen LogP contribution in [0.4, 0.5) is 21.5 Å². The van der Waals surface area contributed by atoms with Gasteiger partial charge in [-0.05, 0) is 91.9 Å². The van der Waals surface area contributed by atoms with Crippen LogP contribution < -0.4 is 10.1 Å². The van der Waals surface area contributed by atoms with E-state index >= 15 is 0 Å². The SMILES string of the molecule is CC(C)(C)c1cc(-c2[c-]cc(F)cc2)ncc1[Si](C)(C)C.Cc1ccc2c(c1)sc1ccc(C3[N-]c4ccccc4N3c3c(C(C)C)cc(-c4ccccc4)cc3C(C)C)[c-]c12.[Ir+3]. The van der Waals surface area contributed by atoms with Crippen LogP contribution in [-0.2, 0) is 25.5 Å². The Balaban J connectivity index is 0.000000229. The molecule has 1 unspecified atom stereocenters. The van der Waals surface area contributed by atoms with Crippen LogP contribution in [0.1, 0.15) is 94.3 Å². The molecule has 1 aliphatic heterocycles. The van der Waals surface area contributed by atoms with Gasteiger partial charge < -0.3 is 15.2 Å². The van der Waals surface area contributed by atoms with Gasteiger partial charge in [0.25, 0.3) is 0 Å². The minimum absolute atomic E-state index is 0. The van der Waals surface area contributed by atoms with Crippen molar-refractivity contribution in [3.05, 3.63) is 179 Å². The molecule has 63 heavy (non-hydrogen) atoms. The van der Waals surface area contributed by atoms with E-state index in [1.165, 1.54) is 76.6 Å². The second kappa shape index (κ2) is 18.3. The molecule has 8 aromatic rings. The van der Waals surface area contributed by atoms with E-state index in [1.54, 1.807) is 6.07 Å². The molecule has 3 heterocycles. The first-order chi connectivity index (χ1) is 29.5. The van der Waals surface area contributed by atoms with Crippen LogP contribution in [0, 0.1) is 24.9 Å². The van der Waals surface area contributed by atoms with Gasteiger partial charge in [-0.15, -0.1) is 64.7 Å². The summed E-state index contributed by atoms with van der Waals surface area (Å²) in [5.74, 6) is 0.415. The van der Waals surface area contributed by atoms with Gasteiger partial charge in [0.15, 0.2) is 0 Å². The predicted octanol–water partition coefficient (Wildman–Crippen LogP) is 16.5. The van der Waals surface area contributed by atoms with Crippen LogP contribution in [0.25, 0.3) is 47.9 Å². The molecule has 0 amide bonds. The van der Waals surface area contributed by atoms with Crippen molar-refractivity contribution in [2.45, 2.75) is 98.4 Å². The maximum atomic E-state index is 13.0. The molecule has 0 radical (unpaired) electrons. The van der Waals surface area contributed by atoms with Crippen molar-refractivity contribution in [1.29, 1.82) is 0 Å². The number of anilines is 2. The summed E-state index contributed by atoms with van der Waals surface area (Å²) >= 11 is 1.85. The summed E-state index contributed by atoms with van der Waals surface area (Å²) in [7, 11) is -1.45. The molecule has 0 saturated heterocycles. The standard InChI is InChI=1S/C38H34N2S.C18H23FNSi.Ir/c1-23(2)30-21-28(26-11-7-6-8-12-26)22-31(24(3)4)37(30)40-34-14-10-9-13-33(34)39-38(40)27-16-18-35-32(20-27)29-17-15-25(5)19-36(29)41-35;1-18(2,3)15-11-16(13-7-9-14(19)10-8-13)20-12-17(15)21(4,5)6;/h6-19,21-24,38H,1-5H3;7,9-12H,1-6H3;/q-2;-1;+3. The van der Waals surface area contributed by atoms with Crippen LogP contribution in [0.5, 0.6) is 0 Å². The molecule has 1 atom stereocenters. The number of hydrogen-bond acceptors (Lipinski definition) is 3. The summed E-state index contributed by atoms with van der Waals surface area (Å²) in [6.07, 6.45) is 1.83. The molecular formula is C56H57FIrN3SSi. The summed E-state index contributed by atoms with van der Waals surface area (Å²) < 4.78 is 15.6. The number of aromatic nitrogens is 1. The molecule has 9 rings (SSSR count). The molecule has 0 bridgehead atoms. The minimum Gasteiger partial charge on any atom is -0.661 e. The van der Waals surface area contributed by atoms with Gasteiger partial charge in [0.1, 0.15) is 0 Å². The number of thiophene rings is 1. The normalized spacial score (nSPS) is 13.8. The van der Waals surface area contributed by atoms with Crippen molar-refractivity contribution >= 4 is 61.8 Å². The summed E-state index contributed by atoms with van der Waals surface area (Å²) in [5, 5.41) is 9.21. The van der Waals surface area contributed by atoms with Crippen molar-refractivity contribution in [2.24, 2.45) is 0 Å². The molecule has 7 heteroatoms. The maximum Gasteiger partial charge on any atom is 3.00 e. The topological polar surface area (TPSA) is 30.2 Å². The van der Waals surface area contributed by atoms with Gasteiger partial charge in [0.2, 0.25) is 0 Å². The molecule has 0 N–H and O–H groups in total. The monoisotopic (exact) mass is 1040 g/mol. The first-order valence-corrected chi connectivity index (χ1v) is 26.2. The van der Waals surface area contributed by atoms with Gasteiger partial charge >= 0.3 is 20.1 Å². The van der Waals surface area contributed by atoms with Crippen LogP contribution >= 0.6 is 11.3 Å². The van der Waals surface area contributed by atoms with Crippen LogP contribution in [0.2, 0.25) is 19.6 Å². The number of nitrogens with zero attached hydrogens (tertiary/aromatic N) is 3. The van der Waals surface area contributed by atoms with E-state index in [2.05, 4.69) is 200 Å². The Morgan fingerprint density at radius 3 is 2.10 bits per heavy atom. The first kappa shape index (κ1) is 46.1. The number of para-hydroxylation sites is 2. The summed E-state index contributed by atoms with van der Waals surface area (Å²) in [6, 6.07) is 48.9. The van der Waals surface area contributed by atoms with E-state index in [1.807, 2.05) is 17.5 Å². The van der Waals surface area contributed by atoms with E-state index in [0.717, 1.165) is 28.2 Å². The van der Waals surface area contributed by atoms with Crippen LogP contribution in [0.3, 0.4) is 0 Å². The van der Waals surface area contributed by atoms with E-state index in [4.69, 9.17) is 5.32 Å². The molecule has 0 saturated carbocycles. The Morgan fingerprint density at radius 2 is 1.46 bits per heavy atom. The molecule has 322 valence electrons. The van der Waals surface area contributed by atoms with Crippen LogP contribution in [0.15, 0.2) is 128 Å². The van der Waals surface area contributed by atoms with Gasteiger partial charge in [0, 0.05) is 23.4 Å². The fraction of sp³-hybridized carbons (Fsp3) is 0.268. The van der Waals surface area contributed by atoms with Crippen molar-refractivity contribution in [3.8, 4) is 22.4 Å². The molecular weight excluding hydrogens is 986 g/mol. The molecule has 0 spiro atoms. The number of pyridine rings is 1. The number of benzene rings is 6. The Morgan fingerprint density at radius 1 is 0.778 bits per heavy atom. The first-order valence-electron chi connectivity index (χ1n) is 21.8. The van der Waals surface area contributed by atoms with Crippen molar-refractivity contribution in [2.75, 3.05) is 4.90 Å². The second-order valence-corrected chi connectivity index (χ2v) is 25.5. The molecule has 2 aromatic heterocycles. The molecule has 3 nitrogen and oxygen atoms in total. The fourth-order valence-electron chi connectivity index (χ4n) is 8.54. The number of fused-ring (bicyclic) bond motifs is 4. The molecule has 0 aliphatic carbocycles. The second-order valence-electron chi connectivity index (χ2n) is 19.3. The summed E-state index contributed by atoms with van der Waals surface area (Å²) in [5.41, 5.74) is 14.2. The number of hydrogen-bond donors (Lipinski definition) is 0. The third-order valence-corrected chi connectivity index (χ3v) is 14.9. The third-order valence-electron chi connectivity index (χ3n) is 11.8. The van der Waals surface area contributed by atoms with E-state index in [-0.39, 0.29) is 37.5 Å². The minimum atomic E-state index is -1.45. The van der Waals surface area contributed by atoms with E-state index < -0.39 is 8.07 Å². The Bertz CT molecular complexity index is 2860. The van der Waals surface area contributed by atoms with Crippen molar-refractivity contribution < 1.29 is 24.5 Å². The van der Waals surface area contributed by atoms with E-state index in [0.29, 0.717) is 11.8 Å². The Labute approximate surface area is 393 Å². The largest absolute Gasteiger partial charge is 3.00 e. The van der Waals surface area contributed by atoms with Gasteiger partial charge in [-0.1, -0.05) is 157 Å². The maximum absolute atomic E-state index is 13.0. The third kappa shape index (κ3) is 9.49. The van der Waals surface area contributed by atoms with Crippen molar-refractivity contribution in [3.63, 3.8) is 0 Å². The Hall–Kier alpha value is -4.91. The molecule has 0 fully saturated rings. The Kier molecular flexibility index (Phi) is 13.4. The van der Waals surface area contributed by atoms with Crippen LogP contribution in [-0.4, -0.2) is 13.1 Å². The zero-order valence-electron chi connectivity index (χ0n) is 38.3. The zero-order valence-corrected chi connectivity index (χ0v) is 42.5. The average Bonchev–Trinajstić information content (AvgIpc) is 3.81. The molecule has 6 aromatic carbocycles. The zero-order chi connectivity index (χ0) is 44.1. The van der Waals surface area contributed by atoms with Gasteiger partial charge in [-0.2, -0.15) is 11.3 Å². The summed E-state index contributed by atoms with van der Waals surface area (Å²) in [4.78, 5) is 7.09. The number of rotatable bonds is 7. The van der Waals surface area contributed by atoms with Gasteiger partial charge in [0.05, 0.1) is 8.07 Å². The van der Waals surface area contributed by atoms with Crippen molar-refractivity contribution in [1.82, 2.24) is 4.98 Å². The molecule has 1 aliphatic rings. The quantitative estimate of drug-likeness (QED) is 0.118. The average molecular weight is 1040 g/mol. The van der Waals surface area contributed by atoms with Gasteiger partial charge in [-0.25, -0.2) is 0 Å². The predicted molar refractivity (Wildman–Crippen MR) is 267 cm³/mol. The fourth-order valence-corrected chi connectivity index (χ4v) is 11.4. The van der Waals surface area contributed by atoms with E-state index in [9.17, 15) is 4.39 Å². The van der Waals surface area contributed by atoms with Gasteiger partial charge in [-0.3, -0.25) is 4.39 Å². The smallest absolute Gasteiger partial charge is 0.661 e. The number of aryl methyl sites for hydroxylation is 1.